The van der Waals surface area contributed by atoms with Crippen molar-refractivity contribution in [2.24, 2.45) is 11.8 Å². The van der Waals surface area contributed by atoms with Crippen molar-refractivity contribution in [1.82, 2.24) is 10.2 Å². The molecule has 1 aliphatic heterocycles. The Labute approximate surface area is 129 Å². The number of carbonyl (C=O) groups excluding carboxylic acids is 1. The van der Waals surface area contributed by atoms with E-state index in [9.17, 15) is 4.79 Å². The van der Waals surface area contributed by atoms with Gasteiger partial charge in [0.05, 0.1) is 7.11 Å². The van der Waals surface area contributed by atoms with Gasteiger partial charge < -0.3 is 9.64 Å². The van der Waals surface area contributed by atoms with Gasteiger partial charge in [0.15, 0.2) is 0 Å². The number of piperidine rings is 1. The second kappa shape index (κ2) is 7.10. The lowest BCUT2D eigenvalue weighted by Gasteiger charge is -2.36. The summed E-state index contributed by atoms with van der Waals surface area (Å²) in [5, 5.41) is 3.48. The summed E-state index contributed by atoms with van der Waals surface area (Å²) >= 11 is 0. The fourth-order valence-corrected chi connectivity index (χ4v) is 3.77. The van der Waals surface area contributed by atoms with Gasteiger partial charge in [-0.15, -0.1) is 0 Å². The number of likely N-dealkylation sites (tertiary alicyclic amines) is 1. The van der Waals surface area contributed by atoms with E-state index in [0.29, 0.717) is 6.04 Å². The number of nitrogens with zero attached hydrogens (tertiary/aromatic N) is 1. The average molecular weight is 296 g/mol. The van der Waals surface area contributed by atoms with Crippen LogP contribution < -0.4 is 5.32 Å². The summed E-state index contributed by atoms with van der Waals surface area (Å²) in [4.78, 5) is 14.6. The number of hydrogen-bond acceptors (Lipinski definition) is 4. The maximum Gasteiger partial charge on any atom is 0.325 e. The maximum absolute atomic E-state index is 12.1. The first-order valence-electron chi connectivity index (χ1n) is 8.51. The predicted octanol–water partition coefficient (Wildman–Crippen LogP) is 2.43. The standard InChI is InChI=1S/C17H32N2O2/c1-13-10-14(2)12-19(11-13)9-5-8-17(3,16(20)21-4)18-15-6-7-15/h13-15,18H,5-12H2,1-4H3. The van der Waals surface area contributed by atoms with Crippen molar-refractivity contribution in [1.29, 1.82) is 0 Å². The van der Waals surface area contributed by atoms with Crippen LogP contribution in [0.15, 0.2) is 0 Å². The molecular weight excluding hydrogens is 264 g/mol. The van der Waals surface area contributed by atoms with Crippen LogP contribution in [0.5, 0.6) is 0 Å². The molecule has 1 heterocycles. The molecule has 2 rings (SSSR count). The molecule has 122 valence electrons. The smallest absolute Gasteiger partial charge is 0.325 e. The molecule has 3 unspecified atom stereocenters. The van der Waals surface area contributed by atoms with Gasteiger partial charge in [0, 0.05) is 19.1 Å². The minimum absolute atomic E-state index is 0.116. The van der Waals surface area contributed by atoms with Crippen LogP contribution >= 0.6 is 0 Å². The Morgan fingerprint density at radius 2 is 1.90 bits per heavy atom. The third kappa shape index (κ3) is 4.96. The van der Waals surface area contributed by atoms with Crippen molar-refractivity contribution < 1.29 is 9.53 Å². The van der Waals surface area contributed by atoms with Gasteiger partial charge in [0.25, 0.3) is 0 Å². The number of carbonyl (C=O) groups is 1. The second-order valence-corrected chi connectivity index (χ2v) is 7.55. The molecule has 0 aromatic carbocycles. The summed E-state index contributed by atoms with van der Waals surface area (Å²) in [5.74, 6) is 1.48. The highest BCUT2D eigenvalue weighted by molar-refractivity contribution is 5.80. The average Bonchev–Trinajstić information content (AvgIpc) is 3.20. The van der Waals surface area contributed by atoms with E-state index in [0.717, 1.165) is 31.2 Å². The molecule has 0 bridgehead atoms. The quantitative estimate of drug-likeness (QED) is 0.733. The molecule has 4 nitrogen and oxygen atoms in total. The van der Waals surface area contributed by atoms with Gasteiger partial charge in [-0.3, -0.25) is 10.1 Å². The topological polar surface area (TPSA) is 41.6 Å². The zero-order chi connectivity index (χ0) is 15.5. The maximum atomic E-state index is 12.1. The third-order valence-electron chi connectivity index (χ3n) is 4.83. The molecule has 2 aliphatic rings. The molecule has 0 aromatic heterocycles. The molecule has 1 saturated heterocycles. The zero-order valence-corrected chi connectivity index (χ0v) is 14.2. The van der Waals surface area contributed by atoms with Crippen LogP contribution in [0.3, 0.4) is 0 Å². The number of rotatable bonds is 7. The molecule has 0 spiro atoms. The summed E-state index contributed by atoms with van der Waals surface area (Å²) < 4.78 is 5.01. The molecule has 1 saturated carbocycles. The molecule has 1 N–H and O–H groups in total. The van der Waals surface area contributed by atoms with Gasteiger partial charge in [0.1, 0.15) is 5.54 Å². The third-order valence-corrected chi connectivity index (χ3v) is 4.83. The summed E-state index contributed by atoms with van der Waals surface area (Å²) in [6.45, 7) is 10.2. The highest BCUT2D eigenvalue weighted by Gasteiger charge is 2.39. The molecule has 3 atom stereocenters. The lowest BCUT2D eigenvalue weighted by Crippen LogP contribution is -2.51. The van der Waals surface area contributed by atoms with E-state index in [4.69, 9.17) is 4.74 Å². The summed E-state index contributed by atoms with van der Waals surface area (Å²) in [7, 11) is 1.49. The lowest BCUT2D eigenvalue weighted by molar-refractivity contribution is -0.148. The van der Waals surface area contributed by atoms with Crippen LogP contribution in [0.2, 0.25) is 0 Å². The largest absolute Gasteiger partial charge is 0.468 e. The van der Waals surface area contributed by atoms with Crippen molar-refractivity contribution in [3.63, 3.8) is 0 Å². The monoisotopic (exact) mass is 296 g/mol. The van der Waals surface area contributed by atoms with E-state index < -0.39 is 5.54 Å². The van der Waals surface area contributed by atoms with E-state index in [1.807, 2.05) is 6.92 Å². The SMILES string of the molecule is COC(=O)C(C)(CCCN1CC(C)CC(C)C1)NC1CC1. The van der Waals surface area contributed by atoms with Crippen LogP contribution in [0.25, 0.3) is 0 Å². The molecule has 4 heteroatoms. The van der Waals surface area contributed by atoms with E-state index in [1.54, 1.807) is 0 Å². The zero-order valence-electron chi connectivity index (χ0n) is 14.2. The Balaban J connectivity index is 1.79. The fourth-order valence-electron chi connectivity index (χ4n) is 3.77. The Morgan fingerprint density at radius 3 is 2.43 bits per heavy atom. The first-order valence-corrected chi connectivity index (χ1v) is 8.51. The highest BCUT2D eigenvalue weighted by atomic mass is 16.5. The minimum atomic E-state index is -0.511. The summed E-state index contributed by atoms with van der Waals surface area (Å²) in [6, 6.07) is 0.518. The number of methoxy groups -OCH3 is 1. The van der Waals surface area contributed by atoms with Crippen molar-refractivity contribution in [2.45, 2.75) is 64.5 Å². The van der Waals surface area contributed by atoms with Gasteiger partial charge in [-0.25, -0.2) is 0 Å². The van der Waals surface area contributed by atoms with Gasteiger partial charge in [-0.1, -0.05) is 13.8 Å². The molecule has 2 fully saturated rings. The highest BCUT2D eigenvalue weighted by Crippen LogP contribution is 2.26. The van der Waals surface area contributed by atoms with Crippen LogP contribution in [0, 0.1) is 11.8 Å². The van der Waals surface area contributed by atoms with Crippen LogP contribution in [-0.4, -0.2) is 49.2 Å². The predicted molar refractivity (Wildman–Crippen MR) is 85.2 cm³/mol. The lowest BCUT2D eigenvalue weighted by atomic mass is 9.91. The Bertz CT molecular complexity index is 347. The van der Waals surface area contributed by atoms with Crippen molar-refractivity contribution in [3.8, 4) is 0 Å². The molecular formula is C17H32N2O2. The first-order chi connectivity index (χ1) is 9.93. The molecule has 0 aromatic rings. The molecule has 21 heavy (non-hydrogen) atoms. The molecule has 0 radical (unpaired) electrons. The van der Waals surface area contributed by atoms with Gasteiger partial charge >= 0.3 is 5.97 Å². The Kier molecular flexibility index (Phi) is 5.67. The Morgan fingerprint density at radius 1 is 1.29 bits per heavy atom. The molecule has 0 amide bonds. The number of nitrogens with one attached hydrogen (secondary N) is 1. The summed E-state index contributed by atoms with van der Waals surface area (Å²) in [6.07, 6.45) is 5.63. The number of esters is 1. The van der Waals surface area contributed by atoms with Crippen molar-refractivity contribution >= 4 is 5.97 Å². The van der Waals surface area contributed by atoms with E-state index in [1.165, 1.54) is 39.5 Å². The van der Waals surface area contributed by atoms with Gasteiger partial charge in [0.2, 0.25) is 0 Å². The number of hydrogen-bond donors (Lipinski definition) is 1. The minimum Gasteiger partial charge on any atom is -0.468 e. The fraction of sp³-hybridized carbons (Fsp3) is 0.941. The van der Waals surface area contributed by atoms with Crippen LogP contribution in [-0.2, 0) is 9.53 Å². The van der Waals surface area contributed by atoms with Crippen LogP contribution in [0.4, 0.5) is 0 Å². The number of ether oxygens (including phenoxy) is 1. The van der Waals surface area contributed by atoms with Gasteiger partial charge in [-0.2, -0.15) is 0 Å². The van der Waals surface area contributed by atoms with Crippen molar-refractivity contribution in [2.75, 3.05) is 26.7 Å². The first kappa shape index (κ1) is 16.8. The second-order valence-electron chi connectivity index (χ2n) is 7.55. The molecule has 1 aliphatic carbocycles. The Hall–Kier alpha value is -0.610. The summed E-state index contributed by atoms with van der Waals surface area (Å²) in [5.41, 5.74) is -0.511. The van der Waals surface area contributed by atoms with Crippen molar-refractivity contribution in [3.05, 3.63) is 0 Å². The van der Waals surface area contributed by atoms with Crippen LogP contribution in [0.1, 0.15) is 52.9 Å². The van der Waals surface area contributed by atoms with E-state index >= 15 is 0 Å². The van der Waals surface area contributed by atoms with Gasteiger partial charge in [-0.05, 0) is 57.4 Å². The van der Waals surface area contributed by atoms with E-state index in [2.05, 4.69) is 24.1 Å². The van der Waals surface area contributed by atoms with E-state index in [-0.39, 0.29) is 5.97 Å². The normalized spacial score (nSPS) is 29.9.